The topological polar surface area (TPSA) is 37.5 Å². The molecule has 0 atom stereocenters. The summed E-state index contributed by atoms with van der Waals surface area (Å²) in [6, 6.07) is 54.5. The van der Waals surface area contributed by atoms with Gasteiger partial charge in [0.1, 0.15) is 11.3 Å². The minimum atomic E-state index is 0.195. The lowest BCUT2D eigenvalue weighted by Crippen LogP contribution is -2.01. The van der Waals surface area contributed by atoms with Crippen LogP contribution in [0.5, 0.6) is 5.75 Å². The monoisotopic (exact) mass is 622 g/mol. The van der Waals surface area contributed by atoms with Crippen molar-refractivity contribution in [2.24, 2.45) is 4.99 Å². The summed E-state index contributed by atoms with van der Waals surface area (Å²) in [6.45, 7) is 4.41. The predicted octanol–water partition coefficient (Wildman–Crippen LogP) is 11.4. The van der Waals surface area contributed by atoms with Crippen molar-refractivity contribution < 1.29 is 5.11 Å². The van der Waals surface area contributed by atoms with E-state index in [1.807, 2.05) is 12.1 Å². The van der Waals surface area contributed by atoms with Crippen molar-refractivity contribution in [3.05, 3.63) is 174 Å². The van der Waals surface area contributed by atoms with E-state index in [9.17, 15) is 5.11 Å². The minimum Gasteiger partial charge on any atom is -0.505 e. The first kappa shape index (κ1) is 30.8. The van der Waals surface area contributed by atoms with Gasteiger partial charge < -0.3 is 9.67 Å². The molecule has 0 saturated carbocycles. The first-order chi connectivity index (χ1) is 23.6. The highest BCUT2D eigenvalue weighted by Gasteiger charge is 2.15. The highest BCUT2D eigenvalue weighted by Crippen LogP contribution is 2.36. The molecule has 0 aliphatic carbocycles. The van der Waals surface area contributed by atoms with Gasteiger partial charge in [-0.1, -0.05) is 134 Å². The molecule has 1 N–H and O–H groups in total. The Labute approximate surface area is 283 Å². The molecule has 0 bridgehead atoms. The second-order valence-electron chi connectivity index (χ2n) is 12.2. The van der Waals surface area contributed by atoms with Crippen molar-refractivity contribution in [2.45, 2.75) is 39.5 Å². The van der Waals surface area contributed by atoms with E-state index in [4.69, 9.17) is 4.99 Å². The molecule has 1 aromatic heterocycles. The third kappa shape index (κ3) is 6.26. The van der Waals surface area contributed by atoms with Crippen LogP contribution in [0.25, 0.3) is 44.3 Å². The molecule has 1 heterocycles. The fourth-order valence-electron chi connectivity index (χ4n) is 6.59. The number of aliphatic imine (C=N–C) groups is 1. The second-order valence-corrected chi connectivity index (χ2v) is 12.2. The van der Waals surface area contributed by atoms with Gasteiger partial charge in [-0.05, 0) is 78.6 Å². The Hall–Kier alpha value is -5.85. The maximum atomic E-state index is 10.8. The maximum Gasteiger partial charge on any atom is 0.149 e. The molecule has 0 amide bonds. The van der Waals surface area contributed by atoms with Crippen LogP contribution >= 0.6 is 0 Å². The summed E-state index contributed by atoms with van der Waals surface area (Å²) in [5.74, 6) is 0.195. The number of aryl methyl sites for hydroxylation is 1. The number of rotatable bonds is 10. The summed E-state index contributed by atoms with van der Waals surface area (Å²) in [7, 11) is 0. The van der Waals surface area contributed by atoms with Gasteiger partial charge >= 0.3 is 0 Å². The van der Waals surface area contributed by atoms with Crippen LogP contribution in [0.15, 0.2) is 150 Å². The number of fused-ring (bicyclic) bond motifs is 3. The van der Waals surface area contributed by atoms with Crippen molar-refractivity contribution in [3.63, 3.8) is 0 Å². The first-order valence-electron chi connectivity index (χ1n) is 16.7. The van der Waals surface area contributed by atoms with E-state index in [2.05, 4.69) is 152 Å². The van der Waals surface area contributed by atoms with E-state index in [1.165, 1.54) is 11.1 Å². The van der Waals surface area contributed by atoms with Gasteiger partial charge in [-0.3, -0.25) is 4.99 Å². The number of aromatic hydroxyl groups is 1. The predicted molar refractivity (Wildman–Crippen MR) is 201 cm³/mol. The Morgan fingerprint density at radius 3 is 2.08 bits per heavy atom. The summed E-state index contributed by atoms with van der Waals surface area (Å²) < 4.78 is 2.10. The van der Waals surface area contributed by atoms with Crippen LogP contribution < -0.4 is 0 Å². The van der Waals surface area contributed by atoms with Crippen molar-refractivity contribution in [1.82, 2.24) is 4.57 Å². The number of hydrogen-bond donors (Lipinski definition) is 1. The molecule has 0 radical (unpaired) electrons. The van der Waals surface area contributed by atoms with Crippen LogP contribution in [0.3, 0.4) is 0 Å². The standard InChI is InChI=1S/C45H38N2O/c1-3-41(46-44(37-18-8-5-9-19-37)32(2)14-12-17-33-15-6-4-7-16-33)36-26-24-34(25-27-36)35-28-30-38(31-29-35)47-42-22-11-10-20-39(42)40-21-13-23-43(48)45(40)47/h4-11,15-16,18-20,22-31,48H,3,12,14,17H2,1-2H3/b44-32+,46-41+. The molecular weight excluding hydrogens is 585 g/mol. The largest absolute Gasteiger partial charge is 0.505 e. The van der Waals surface area contributed by atoms with Crippen molar-refractivity contribution in [1.29, 1.82) is 0 Å². The molecule has 0 unspecified atom stereocenters. The van der Waals surface area contributed by atoms with Gasteiger partial charge in [0, 0.05) is 28.4 Å². The zero-order chi connectivity index (χ0) is 32.9. The third-order valence-electron chi connectivity index (χ3n) is 9.09. The first-order valence-corrected chi connectivity index (χ1v) is 16.7. The van der Waals surface area contributed by atoms with Gasteiger partial charge in [0.25, 0.3) is 0 Å². The molecule has 0 spiro atoms. The summed E-state index contributed by atoms with van der Waals surface area (Å²) >= 11 is 0. The lowest BCUT2D eigenvalue weighted by molar-refractivity contribution is 0.480. The number of allylic oxidation sites excluding steroid dienone is 1. The molecular formula is C45H38N2O. The summed E-state index contributed by atoms with van der Waals surface area (Å²) in [4.78, 5) is 5.33. The number of para-hydroxylation sites is 1. The Balaban J connectivity index is 1.16. The molecule has 7 aromatic rings. The zero-order valence-corrected chi connectivity index (χ0v) is 27.4. The van der Waals surface area contributed by atoms with E-state index >= 15 is 0 Å². The van der Waals surface area contributed by atoms with Crippen LogP contribution in [0.2, 0.25) is 0 Å². The Bertz CT molecular complexity index is 2220. The Morgan fingerprint density at radius 1 is 0.729 bits per heavy atom. The summed E-state index contributed by atoms with van der Waals surface area (Å²) in [5.41, 5.74) is 12.2. The van der Waals surface area contributed by atoms with E-state index < -0.39 is 0 Å². The van der Waals surface area contributed by atoms with Crippen molar-refractivity contribution in [2.75, 3.05) is 0 Å². The molecule has 0 aliphatic heterocycles. The number of benzene rings is 5. The minimum absolute atomic E-state index is 0.195. The molecule has 48 heavy (non-hydrogen) atoms. The van der Waals surface area contributed by atoms with Gasteiger partial charge in [-0.2, -0.15) is 0 Å². The molecule has 234 valence electrons. The molecule has 0 fully saturated rings. The van der Waals surface area contributed by atoms with Crippen LogP contribution in [0.4, 0.5) is 0 Å². The molecule has 3 heteroatoms. The Kier molecular flexibility index (Phi) is 8.90. The van der Waals surface area contributed by atoms with E-state index in [1.54, 1.807) is 6.07 Å². The normalized spacial score (nSPS) is 12.2. The third-order valence-corrected chi connectivity index (χ3v) is 9.09. The summed E-state index contributed by atoms with van der Waals surface area (Å²) in [5, 5.41) is 12.7. The van der Waals surface area contributed by atoms with Crippen LogP contribution in [-0.2, 0) is 6.42 Å². The zero-order valence-electron chi connectivity index (χ0n) is 27.4. The van der Waals surface area contributed by atoms with Gasteiger partial charge in [-0.15, -0.1) is 0 Å². The van der Waals surface area contributed by atoms with E-state index in [0.717, 1.165) is 86.8 Å². The Morgan fingerprint density at radius 2 is 1.38 bits per heavy atom. The second kappa shape index (κ2) is 13.9. The smallest absolute Gasteiger partial charge is 0.149 e. The van der Waals surface area contributed by atoms with Gasteiger partial charge in [-0.25, -0.2) is 0 Å². The van der Waals surface area contributed by atoms with E-state index in [-0.39, 0.29) is 5.75 Å². The fourth-order valence-corrected chi connectivity index (χ4v) is 6.59. The van der Waals surface area contributed by atoms with Gasteiger partial charge in [0.15, 0.2) is 0 Å². The van der Waals surface area contributed by atoms with Gasteiger partial charge in [0.05, 0.1) is 16.6 Å². The molecule has 6 aromatic carbocycles. The quantitative estimate of drug-likeness (QED) is 0.151. The lowest BCUT2D eigenvalue weighted by atomic mass is 9.99. The molecule has 3 nitrogen and oxygen atoms in total. The van der Waals surface area contributed by atoms with E-state index in [0.29, 0.717) is 0 Å². The van der Waals surface area contributed by atoms with Crippen LogP contribution in [-0.4, -0.2) is 15.4 Å². The van der Waals surface area contributed by atoms with Crippen LogP contribution in [0.1, 0.15) is 49.8 Å². The number of nitrogens with zero attached hydrogens (tertiary/aromatic N) is 2. The highest BCUT2D eigenvalue weighted by atomic mass is 16.3. The fraction of sp³-hybridized carbons (Fsp3) is 0.133. The molecule has 7 rings (SSSR count). The van der Waals surface area contributed by atoms with Crippen molar-refractivity contribution in [3.8, 4) is 22.6 Å². The number of aromatic nitrogens is 1. The van der Waals surface area contributed by atoms with Crippen LogP contribution in [0, 0.1) is 12.1 Å². The number of hydrogen-bond acceptors (Lipinski definition) is 2. The highest BCUT2D eigenvalue weighted by molar-refractivity contribution is 6.10. The molecule has 0 aliphatic rings. The van der Waals surface area contributed by atoms with Gasteiger partial charge in [0.2, 0.25) is 0 Å². The van der Waals surface area contributed by atoms with Crippen molar-refractivity contribution >= 4 is 33.2 Å². The average molecular weight is 623 g/mol. The molecule has 0 saturated heterocycles. The SMILES string of the molecule is CC/C(=N\C(=C(/C)CCCc1ccccc1)c1ccccc1)c1ccc(-c2ccc(-n3c4ccccc4c4c#ccc(O)c43)cc2)cc1. The lowest BCUT2D eigenvalue weighted by Gasteiger charge is -2.13. The maximum absolute atomic E-state index is 10.8. The average Bonchev–Trinajstić information content (AvgIpc) is 3.49. The summed E-state index contributed by atoms with van der Waals surface area (Å²) in [6.07, 6.45) is 3.99.